The third-order valence-corrected chi connectivity index (χ3v) is 1.78. The molecule has 0 aromatic heterocycles. The number of phenols is 1. The van der Waals surface area contributed by atoms with E-state index in [-0.39, 0.29) is 12.0 Å². The summed E-state index contributed by atoms with van der Waals surface area (Å²) in [5.41, 5.74) is 0. The summed E-state index contributed by atoms with van der Waals surface area (Å²) in [6.45, 7) is 2.85. The molecule has 15 heavy (non-hydrogen) atoms. The maximum atomic E-state index is 9.06. The topological polar surface area (TPSA) is 47.9 Å². The van der Waals surface area contributed by atoms with E-state index >= 15 is 0 Å². The lowest BCUT2D eigenvalue weighted by Crippen LogP contribution is -2.18. The van der Waals surface area contributed by atoms with E-state index in [1.807, 2.05) is 6.92 Å². The van der Waals surface area contributed by atoms with Gasteiger partial charge in [0.25, 0.3) is 0 Å². The number of methoxy groups -OCH3 is 1. The highest BCUT2D eigenvalue weighted by atomic mass is 16.7. The number of phenolic OH excluding ortho intramolecular Hbond substituents is 1. The van der Waals surface area contributed by atoms with Crippen LogP contribution in [0.25, 0.3) is 0 Å². The summed E-state index contributed by atoms with van der Waals surface area (Å²) in [5.74, 6) is 0.882. The first-order valence-corrected chi connectivity index (χ1v) is 4.78. The molecule has 84 valence electrons. The van der Waals surface area contributed by atoms with Crippen LogP contribution in [0.3, 0.4) is 0 Å². The minimum atomic E-state index is -0.329. The van der Waals surface area contributed by atoms with E-state index in [1.54, 1.807) is 31.4 Å². The zero-order chi connectivity index (χ0) is 11.1. The van der Waals surface area contributed by atoms with Crippen molar-refractivity contribution in [1.29, 1.82) is 0 Å². The predicted molar refractivity (Wildman–Crippen MR) is 56.0 cm³/mol. The Kier molecular flexibility index (Phi) is 4.93. The van der Waals surface area contributed by atoms with E-state index in [2.05, 4.69) is 0 Å². The van der Waals surface area contributed by atoms with Crippen molar-refractivity contribution >= 4 is 0 Å². The Morgan fingerprint density at radius 1 is 1.20 bits per heavy atom. The molecule has 0 aliphatic heterocycles. The van der Waals surface area contributed by atoms with Gasteiger partial charge in [0.2, 0.25) is 0 Å². The molecule has 1 aromatic carbocycles. The summed E-state index contributed by atoms with van der Waals surface area (Å²) >= 11 is 0. The van der Waals surface area contributed by atoms with Crippen LogP contribution in [0.5, 0.6) is 11.5 Å². The normalized spacial score (nSPS) is 12.4. The van der Waals surface area contributed by atoms with Crippen LogP contribution in [0, 0.1) is 0 Å². The number of hydrogen-bond acceptors (Lipinski definition) is 4. The van der Waals surface area contributed by atoms with Gasteiger partial charge in [0.1, 0.15) is 11.5 Å². The number of hydrogen-bond donors (Lipinski definition) is 1. The van der Waals surface area contributed by atoms with Gasteiger partial charge >= 0.3 is 0 Å². The van der Waals surface area contributed by atoms with Crippen molar-refractivity contribution in [1.82, 2.24) is 0 Å². The highest BCUT2D eigenvalue weighted by Crippen LogP contribution is 2.17. The molecule has 0 bridgehead atoms. The molecule has 1 N–H and O–H groups in total. The van der Waals surface area contributed by atoms with Crippen molar-refractivity contribution in [3.63, 3.8) is 0 Å². The molecule has 1 aromatic rings. The number of benzene rings is 1. The minimum Gasteiger partial charge on any atom is -0.508 e. The fourth-order valence-corrected chi connectivity index (χ4v) is 1.05. The standard InChI is InChI=1S/C11H16O4/c1-9(14-8-7-13-2)15-11-5-3-10(12)4-6-11/h3-6,9,12H,7-8H2,1-2H3. The molecule has 4 heteroatoms. The second kappa shape index (κ2) is 6.27. The third kappa shape index (κ3) is 4.67. The lowest BCUT2D eigenvalue weighted by molar-refractivity contribution is -0.0796. The van der Waals surface area contributed by atoms with Crippen molar-refractivity contribution in [2.45, 2.75) is 13.2 Å². The Morgan fingerprint density at radius 3 is 2.47 bits per heavy atom. The molecule has 0 radical (unpaired) electrons. The van der Waals surface area contributed by atoms with Crippen LogP contribution in [0.15, 0.2) is 24.3 Å². The molecule has 0 heterocycles. The molecule has 0 saturated carbocycles. The number of rotatable bonds is 6. The van der Waals surface area contributed by atoms with Gasteiger partial charge in [-0.2, -0.15) is 0 Å². The van der Waals surface area contributed by atoms with E-state index in [0.29, 0.717) is 19.0 Å². The zero-order valence-electron chi connectivity index (χ0n) is 8.97. The molecule has 4 nitrogen and oxygen atoms in total. The number of aromatic hydroxyl groups is 1. The first-order valence-electron chi connectivity index (χ1n) is 4.78. The van der Waals surface area contributed by atoms with Gasteiger partial charge in [0, 0.05) is 7.11 Å². The van der Waals surface area contributed by atoms with Gasteiger partial charge in [0.05, 0.1) is 13.2 Å². The van der Waals surface area contributed by atoms with E-state index < -0.39 is 0 Å². The Hall–Kier alpha value is -1.26. The van der Waals surface area contributed by atoms with E-state index in [1.165, 1.54) is 0 Å². The summed E-state index contributed by atoms with van der Waals surface area (Å²) < 4.78 is 15.6. The van der Waals surface area contributed by atoms with Gasteiger partial charge in [-0.05, 0) is 31.2 Å². The highest BCUT2D eigenvalue weighted by molar-refractivity contribution is 5.30. The SMILES string of the molecule is COCCOC(C)Oc1ccc(O)cc1. The summed E-state index contributed by atoms with van der Waals surface area (Å²) in [7, 11) is 1.62. The Morgan fingerprint density at radius 2 is 1.87 bits per heavy atom. The predicted octanol–water partition coefficient (Wildman–Crippen LogP) is 1.78. The van der Waals surface area contributed by atoms with Crippen molar-refractivity contribution in [2.24, 2.45) is 0 Å². The van der Waals surface area contributed by atoms with Crippen LogP contribution in [-0.2, 0) is 9.47 Å². The fraction of sp³-hybridized carbons (Fsp3) is 0.455. The minimum absolute atomic E-state index is 0.218. The Labute approximate surface area is 89.4 Å². The molecule has 0 saturated heterocycles. The maximum Gasteiger partial charge on any atom is 0.197 e. The van der Waals surface area contributed by atoms with Gasteiger partial charge in [-0.3, -0.25) is 0 Å². The average molecular weight is 212 g/mol. The lowest BCUT2D eigenvalue weighted by atomic mass is 10.3. The zero-order valence-corrected chi connectivity index (χ0v) is 8.97. The molecule has 1 atom stereocenters. The molecule has 0 aliphatic carbocycles. The average Bonchev–Trinajstić information content (AvgIpc) is 2.22. The molecule has 1 rings (SSSR count). The van der Waals surface area contributed by atoms with Crippen molar-refractivity contribution < 1.29 is 19.3 Å². The largest absolute Gasteiger partial charge is 0.508 e. The van der Waals surface area contributed by atoms with Crippen LogP contribution in [0.1, 0.15) is 6.92 Å². The summed E-state index contributed by atoms with van der Waals surface area (Å²) in [5, 5.41) is 9.06. The smallest absolute Gasteiger partial charge is 0.197 e. The van der Waals surface area contributed by atoms with Crippen LogP contribution in [0.2, 0.25) is 0 Å². The summed E-state index contributed by atoms with van der Waals surface area (Å²) in [6, 6.07) is 6.51. The third-order valence-electron chi connectivity index (χ3n) is 1.78. The lowest BCUT2D eigenvalue weighted by Gasteiger charge is -2.15. The first-order chi connectivity index (χ1) is 7.22. The van der Waals surface area contributed by atoms with Crippen molar-refractivity contribution in [2.75, 3.05) is 20.3 Å². The van der Waals surface area contributed by atoms with E-state index in [0.717, 1.165) is 0 Å². The Bertz CT molecular complexity index is 270. The van der Waals surface area contributed by atoms with Gasteiger partial charge in [-0.25, -0.2) is 0 Å². The molecule has 0 fully saturated rings. The molecule has 0 spiro atoms. The van der Waals surface area contributed by atoms with Crippen LogP contribution in [-0.4, -0.2) is 31.7 Å². The van der Waals surface area contributed by atoms with E-state index in [9.17, 15) is 0 Å². The van der Waals surface area contributed by atoms with Gasteiger partial charge < -0.3 is 19.3 Å². The Balaban J connectivity index is 2.31. The maximum absolute atomic E-state index is 9.06. The monoisotopic (exact) mass is 212 g/mol. The molecular formula is C11H16O4. The summed E-state index contributed by atoms with van der Waals surface area (Å²) in [6.07, 6.45) is -0.329. The van der Waals surface area contributed by atoms with Gasteiger partial charge in [0.15, 0.2) is 6.29 Å². The van der Waals surface area contributed by atoms with Gasteiger partial charge in [-0.15, -0.1) is 0 Å². The molecule has 1 unspecified atom stereocenters. The fourth-order valence-electron chi connectivity index (χ4n) is 1.05. The van der Waals surface area contributed by atoms with E-state index in [4.69, 9.17) is 19.3 Å². The van der Waals surface area contributed by atoms with Gasteiger partial charge in [-0.1, -0.05) is 0 Å². The molecule has 0 aliphatic rings. The molecular weight excluding hydrogens is 196 g/mol. The van der Waals surface area contributed by atoms with Crippen molar-refractivity contribution in [3.05, 3.63) is 24.3 Å². The van der Waals surface area contributed by atoms with Crippen LogP contribution in [0.4, 0.5) is 0 Å². The second-order valence-corrected chi connectivity index (χ2v) is 3.04. The highest BCUT2D eigenvalue weighted by Gasteiger charge is 2.03. The quantitative estimate of drug-likeness (QED) is 0.576. The van der Waals surface area contributed by atoms with Crippen molar-refractivity contribution in [3.8, 4) is 11.5 Å². The summed E-state index contributed by atoms with van der Waals surface area (Å²) in [4.78, 5) is 0. The van der Waals surface area contributed by atoms with Crippen LogP contribution < -0.4 is 4.74 Å². The first kappa shape index (κ1) is 11.8. The van der Waals surface area contributed by atoms with Crippen LogP contribution >= 0.6 is 0 Å². The number of ether oxygens (including phenoxy) is 3. The molecule has 0 amide bonds. The second-order valence-electron chi connectivity index (χ2n) is 3.04.